The third-order valence-electron chi connectivity index (χ3n) is 4.99. The Morgan fingerprint density at radius 2 is 0.968 bits per heavy atom. The molecule has 0 heterocycles. The quantitative estimate of drug-likeness (QED) is 0.258. The van der Waals surface area contributed by atoms with E-state index >= 15 is 0 Å². The molecule has 0 radical (unpaired) electrons. The Labute approximate surface area is 211 Å². The van der Waals surface area contributed by atoms with Crippen molar-refractivity contribution in [3.8, 4) is 0 Å². The second-order valence-corrected chi connectivity index (χ2v) is 7.73. The van der Waals surface area contributed by atoms with Gasteiger partial charge >= 0.3 is 34.7 Å². The summed E-state index contributed by atoms with van der Waals surface area (Å²) in [6.07, 6.45) is 19.9. The van der Waals surface area contributed by atoms with Gasteiger partial charge in [0.2, 0.25) is 0 Å². The summed E-state index contributed by atoms with van der Waals surface area (Å²) >= 11 is 0. The fourth-order valence-electron chi connectivity index (χ4n) is 3.21. The Kier molecular flexibility index (Phi) is 30.6. The molecule has 0 atom stereocenters. The van der Waals surface area contributed by atoms with E-state index in [1.165, 1.54) is 95.6 Å². The summed E-state index contributed by atoms with van der Waals surface area (Å²) in [4.78, 5) is 20.3. The molecule has 0 aliphatic heterocycles. The average molecular weight is 459 g/mol. The fraction of sp³-hybridized carbons (Fsp3) is 0.680. The van der Waals surface area contributed by atoms with Crippen molar-refractivity contribution < 1.29 is 19.8 Å². The van der Waals surface area contributed by atoms with Gasteiger partial charge in [-0.1, -0.05) is 127 Å². The Morgan fingerprint density at radius 3 is 1.26 bits per heavy atom. The first-order valence-corrected chi connectivity index (χ1v) is 11.5. The molecule has 0 bridgehead atoms. The van der Waals surface area contributed by atoms with Crippen LogP contribution in [0.4, 0.5) is 0 Å². The number of hydrogen-bond acceptors (Lipinski definition) is 4. The molecule has 0 unspecified atom stereocenters. The van der Waals surface area contributed by atoms with Crippen LogP contribution in [0.2, 0.25) is 0 Å². The monoisotopic (exact) mass is 458 g/mol. The van der Waals surface area contributed by atoms with Gasteiger partial charge in [-0.25, -0.2) is 0 Å². The van der Waals surface area contributed by atoms with Crippen LogP contribution in [0.3, 0.4) is 0 Å². The molecule has 0 N–H and O–H groups in total. The van der Waals surface area contributed by atoms with Crippen molar-refractivity contribution in [1.82, 2.24) is 0 Å². The number of unbranched alkanes of at least 4 members (excludes halogenated alkanes) is 14. The van der Waals surface area contributed by atoms with Crippen molar-refractivity contribution >= 4 is 46.7 Å². The van der Waals surface area contributed by atoms with E-state index in [9.17, 15) is 19.8 Å². The Bertz CT molecular complexity index is 510. The van der Waals surface area contributed by atoms with E-state index in [2.05, 4.69) is 6.92 Å². The molecule has 31 heavy (non-hydrogen) atoms. The summed E-state index contributed by atoms with van der Waals surface area (Å²) in [6.45, 7) is 2.27. The number of aliphatic carboxylic acids is 1. The van der Waals surface area contributed by atoms with Gasteiger partial charge in [0.25, 0.3) is 0 Å². The minimum absolute atomic E-state index is 0. The second kappa shape index (κ2) is 27.3. The van der Waals surface area contributed by atoms with Gasteiger partial charge in [0.15, 0.2) is 0 Å². The first-order valence-electron chi connectivity index (χ1n) is 11.5. The van der Waals surface area contributed by atoms with Crippen LogP contribution >= 0.6 is 0 Å². The number of hydrogen-bond donors (Lipinski definition) is 0. The molecule has 1 aromatic rings. The number of aromatic carboxylic acids is 1. The number of carbonyl (C=O) groups excluding carboxylic acids is 2. The van der Waals surface area contributed by atoms with Crippen molar-refractivity contribution in [2.24, 2.45) is 0 Å². The SMILES string of the molecule is CCCCCCCCCCCCCCCCCC(=O)[O-].O=C([O-])c1ccccc1.[Al+3].[Al+3]. The third kappa shape index (κ3) is 27.2. The molecular weight excluding hydrogens is 418 g/mol. The van der Waals surface area contributed by atoms with Crippen LogP contribution < -0.4 is 10.2 Å². The maximum Gasteiger partial charge on any atom is 3.00 e. The van der Waals surface area contributed by atoms with Crippen molar-refractivity contribution in [2.75, 3.05) is 0 Å². The summed E-state index contributed by atoms with van der Waals surface area (Å²) in [5, 5.41) is 20.3. The summed E-state index contributed by atoms with van der Waals surface area (Å²) in [5.74, 6) is -2.03. The molecule has 166 valence electrons. The van der Waals surface area contributed by atoms with Gasteiger partial charge in [-0.2, -0.15) is 0 Å². The van der Waals surface area contributed by atoms with Gasteiger partial charge in [0.05, 0.1) is 5.97 Å². The Morgan fingerprint density at radius 1 is 0.613 bits per heavy atom. The van der Waals surface area contributed by atoms with E-state index < -0.39 is 11.9 Å². The molecule has 0 saturated heterocycles. The van der Waals surface area contributed by atoms with Crippen LogP contribution in [0.15, 0.2) is 30.3 Å². The van der Waals surface area contributed by atoms with Gasteiger partial charge in [0, 0.05) is 5.97 Å². The van der Waals surface area contributed by atoms with Crippen LogP contribution in [-0.4, -0.2) is 46.7 Å². The minimum Gasteiger partial charge on any atom is -0.550 e. The van der Waals surface area contributed by atoms with E-state index in [1.54, 1.807) is 18.2 Å². The maximum atomic E-state index is 10.2. The van der Waals surface area contributed by atoms with Crippen molar-refractivity contribution in [2.45, 2.75) is 110 Å². The maximum absolute atomic E-state index is 10.2. The van der Waals surface area contributed by atoms with Crippen molar-refractivity contribution in [3.63, 3.8) is 0 Å². The predicted octanol–water partition coefficient (Wildman–Crippen LogP) is 4.29. The zero-order valence-electron chi connectivity index (χ0n) is 19.5. The molecular formula is C25H40Al2O4+4. The molecule has 0 aromatic heterocycles. The summed E-state index contributed by atoms with van der Waals surface area (Å²) in [5.41, 5.74) is 0.220. The molecule has 1 aromatic carbocycles. The van der Waals surface area contributed by atoms with Crippen LogP contribution in [-0.2, 0) is 4.79 Å². The first-order chi connectivity index (χ1) is 14.1. The van der Waals surface area contributed by atoms with Gasteiger partial charge in [-0.15, -0.1) is 0 Å². The summed E-state index contributed by atoms with van der Waals surface area (Å²) < 4.78 is 0. The van der Waals surface area contributed by atoms with Crippen LogP contribution in [0.1, 0.15) is 120 Å². The Balaban J connectivity index is -0.000000598. The molecule has 6 heteroatoms. The normalized spacial score (nSPS) is 9.58. The van der Waals surface area contributed by atoms with E-state index in [0.717, 1.165) is 12.8 Å². The molecule has 0 fully saturated rings. The second-order valence-electron chi connectivity index (χ2n) is 7.73. The van der Waals surface area contributed by atoms with Gasteiger partial charge in [-0.05, 0) is 18.4 Å². The molecule has 0 aliphatic carbocycles. The van der Waals surface area contributed by atoms with Crippen LogP contribution in [0.25, 0.3) is 0 Å². The van der Waals surface area contributed by atoms with E-state index in [-0.39, 0.29) is 46.7 Å². The van der Waals surface area contributed by atoms with Gasteiger partial charge < -0.3 is 19.8 Å². The van der Waals surface area contributed by atoms with Crippen molar-refractivity contribution in [1.29, 1.82) is 0 Å². The number of carboxylic acids is 2. The Hall–Kier alpha value is -0.775. The largest absolute Gasteiger partial charge is 3.00 e. The van der Waals surface area contributed by atoms with Gasteiger partial charge in [0.1, 0.15) is 0 Å². The summed E-state index contributed by atoms with van der Waals surface area (Å²) in [6, 6.07) is 8.06. The van der Waals surface area contributed by atoms with Crippen molar-refractivity contribution in [3.05, 3.63) is 35.9 Å². The molecule has 0 aliphatic rings. The minimum atomic E-state index is -1.13. The first kappa shape index (κ1) is 34.8. The van der Waals surface area contributed by atoms with Crippen LogP contribution in [0, 0.1) is 0 Å². The molecule has 4 nitrogen and oxygen atoms in total. The summed E-state index contributed by atoms with van der Waals surface area (Å²) in [7, 11) is 0. The zero-order chi connectivity index (χ0) is 21.6. The van der Waals surface area contributed by atoms with E-state index in [4.69, 9.17) is 0 Å². The molecule has 0 amide bonds. The standard InChI is InChI=1S/C18H36O2.C7H6O2.2Al/c1-2-3-4-5-6-7-8-9-10-11-12-13-14-15-16-17-18(19)20;8-7(9)6-4-2-1-3-5-6;;/h2-17H2,1H3,(H,19,20);1-5H,(H,8,9);;/q;;2*+3/p-2. The van der Waals surface area contributed by atoms with Gasteiger partial charge in [-0.3, -0.25) is 0 Å². The topological polar surface area (TPSA) is 80.3 Å². The predicted molar refractivity (Wildman–Crippen MR) is 127 cm³/mol. The molecule has 0 saturated carbocycles. The average Bonchev–Trinajstić information content (AvgIpc) is 2.72. The molecule has 1 rings (SSSR count). The fourth-order valence-corrected chi connectivity index (χ4v) is 3.21. The number of rotatable bonds is 17. The molecule has 0 spiro atoms. The smallest absolute Gasteiger partial charge is 0.550 e. The van der Waals surface area contributed by atoms with Crippen LogP contribution in [0.5, 0.6) is 0 Å². The van der Waals surface area contributed by atoms with E-state index in [1.807, 2.05) is 0 Å². The zero-order valence-corrected chi connectivity index (χ0v) is 21.8. The third-order valence-corrected chi connectivity index (χ3v) is 4.99. The number of carboxylic acid groups (broad SMARTS) is 2. The van der Waals surface area contributed by atoms with E-state index in [0.29, 0.717) is 0 Å². The number of carbonyl (C=O) groups is 2. The number of benzene rings is 1.